The van der Waals surface area contributed by atoms with Gasteiger partial charge in [-0.2, -0.15) is 0 Å². The minimum absolute atomic E-state index is 0.0179. The number of ether oxygens (including phenoxy) is 1. The molecule has 1 rings (SSSR count). The molecule has 8 heteroatoms. The van der Waals surface area contributed by atoms with Crippen LogP contribution < -0.4 is 5.32 Å². The van der Waals surface area contributed by atoms with E-state index in [4.69, 9.17) is 9.84 Å². The van der Waals surface area contributed by atoms with Gasteiger partial charge in [0.15, 0.2) is 0 Å². The molecule has 0 aromatic heterocycles. The van der Waals surface area contributed by atoms with E-state index in [1.54, 1.807) is 12.0 Å². The maximum atomic E-state index is 11.8. The highest BCUT2D eigenvalue weighted by Gasteiger charge is 2.26. The lowest BCUT2D eigenvalue weighted by atomic mass is 10.3. The van der Waals surface area contributed by atoms with Crippen molar-refractivity contribution in [2.45, 2.75) is 12.8 Å². The standard InChI is InChI=1S/C12H21N3O5/c1-20-8-7-14-5-6-15(9-10(14)16)12(19)13-4-2-3-11(17)18/h2-9H2,1H3,(H,13,19)(H,17,18). The van der Waals surface area contributed by atoms with Crippen LogP contribution in [0.5, 0.6) is 0 Å². The second kappa shape index (κ2) is 8.36. The molecule has 8 nitrogen and oxygen atoms in total. The quantitative estimate of drug-likeness (QED) is 0.606. The number of piperazine rings is 1. The number of carbonyl (C=O) groups excluding carboxylic acids is 2. The third-order valence-corrected chi connectivity index (χ3v) is 3.01. The summed E-state index contributed by atoms with van der Waals surface area (Å²) in [5, 5.41) is 11.1. The van der Waals surface area contributed by atoms with Crippen molar-refractivity contribution in [3.63, 3.8) is 0 Å². The third kappa shape index (κ3) is 5.43. The molecule has 1 fully saturated rings. The lowest BCUT2D eigenvalue weighted by molar-refractivity contribution is -0.137. The number of nitrogens with one attached hydrogen (secondary N) is 1. The van der Waals surface area contributed by atoms with Gasteiger partial charge >= 0.3 is 12.0 Å². The molecule has 0 atom stereocenters. The van der Waals surface area contributed by atoms with Crippen molar-refractivity contribution in [3.05, 3.63) is 0 Å². The summed E-state index contributed by atoms with van der Waals surface area (Å²) in [6, 6.07) is -0.324. The van der Waals surface area contributed by atoms with E-state index in [0.717, 1.165) is 0 Å². The van der Waals surface area contributed by atoms with Crippen LogP contribution in [0.3, 0.4) is 0 Å². The molecule has 1 heterocycles. The summed E-state index contributed by atoms with van der Waals surface area (Å²) in [4.78, 5) is 37.0. The number of carboxylic acid groups (broad SMARTS) is 1. The maximum absolute atomic E-state index is 11.8. The molecule has 0 aromatic rings. The van der Waals surface area contributed by atoms with Crippen molar-refractivity contribution >= 4 is 17.9 Å². The summed E-state index contributed by atoms with van der Waals surface area (Å²) in [6.07, 6.45) is 0.396. The SMILES string of the molecule is COCCN1CCN(C(=O)NCCCC(=O)O)CC1=O. The van der Waals surface area contributed by atoms with E-state index in [-0.39, 0.29) is 24.9 Å². The Kier molecular flexibility index (Phi) is 6.78. The molecule has 0 spiro atoms. The van der Waals surface area contributed by atoms with Crippen LogP contribution in [-0.4, -0.2) is 79.3 Å². The Labute approximate surface area is 117 Å². The predicted octanol–water partition coefficient (Wildman–Crippen LogP) is -0.649. The monoisotopic (exact) mass is 287 g/mol. The van der Waals surface area contributed by atoms with Crippen LogP contribution in [0.1, 0.15) is 12.8 Å². The van der Waals surface area contributed by atoms with Crippen molar-refractivity contribution in [2.75, 3.05) is 46.4 Å². The molecule has 1 saturated heterocycles. The van der Waals surface area contributed by atoms with Gasteiger partial charge in [-0.15, -0.1) is 0 Å². The number of nitrogens with zero attached hydrogens (tertiary/aromatic N) is 2. The molecular formula is C12H21N3O5. The van der Waals surface area contributed by atoms with E-state index in [1.807, 2.05) is 0 Å². The first kappa shape index (κ1) is 16.2. The Morgan fingerprint density at radius 1 is 1.40 bits per heavy atom. The normalized spacial score (nSPS) is 15.3. The lowest BCUT2D eigenvalue weighted by Gasteiger charge is -2.34. The fraction of sp³-hybridized carbons (Fsp3) is 0.750. The number of hydrogen-bond acceptors (Lipinski definition) is 4. The second-order valence-corrected chi connectivity index (χ2v) is 4.52. The average molecular weight is 287 g/mol. The van der Waals surface area contributed by atoms with Crippen LogP contribution in [0.15, 0.2) is 0 Å². The zero-order chi connectivity index (χ0) is 15.0. The summed E-state index contributed by atoms with van der Waals surface area (Å²) in [7, 11) is 1.57. The van der Waals surface area contributed by atoms with Crippen LogP contribution in [-0.2, 0) is 14.3 Å². The van der Waals surface area contributed by atoms with Gasteiger partial charge in [-0.25, -0.2) is 4.79 Å². The fourth-order valence-corrected chi connectivity index (χ4v) is 1.87. The molecule has 0 radical (unpaired) electrons. The van der Waals surface area contributed by atoms with Crippen molar-refractivity contribution in [1.29, 1.82) is 0 Å². The van der Waals surface area contributed by atoms with Gasteiger partial charge < -0.3 is 25.0 Å². The summed E-state index contributed by atoms with van der Waals surface area (Å²) in [6.45, 7) is 2.32. The summed E-state index contributed by atoms with van der Waals surface area (Å²) >= 11 is 0. The molecule has 2 N–H and O–H groups in total. The number of aliphatic carboxylic acids is 1. The minimum atomic E-state index is -0.888. The Morgan fingerprint density at radius 2 is 2.15 bits per heavy atom. The molecule has 0 aliphatic carbocycles. The van der Waals surface area contributed by atoms with Gasteiger partial charge in [-0.05, 0) is 6.42 Å². The molecule has 1 aliphatic rings. The first-order valence-electron chi connectivity index (χ1n) is 6.56. The predicted molar refractivity (Wildman–Crippen MR) is 70.3 cm³/mol. The van der Waals surface area contributed by atoms with Gasteiger partial charge in [0.2, 0.25) is 5.91 Å². The molecule has 3 amide bonds. The van der Waals surface area contributed by atoms with Gasteiger partial charge in [0.05, 0.1) is 6.61 Å². The highest BCUT2D eigenvalue weighted by Crippen LogP contribution is 2.03. The number of carboxylic acids is 1. The number of hydrogen-bond donors (Lipinski definition) is 2. The minimum Gasteiger partial charge on any atom is -0.481 e. The first-order chi connectivity index (χ1) is 9.54. The lowest BCUT2D eigenvalue weighted by Crippen LogP contribution is -2.55. The van der Waals surface area contributed by atoms with Gasteiger partial charge in [-0.1, -0.05) is 0 Å². The zero-order valence-corrected chi connectivity index (χ0v) is 11.6. The third-order valence-electron chi connectivity index (χ3n) is 3.01. The molecule has 0 aromatic carbocycles. The van der Waals surface area contributed by atoms with Crippen LogP contribution in [0, 0.1) is 0 Å². The summed E-state index contributed by atoms with van der Waals surface area (Å²) < 4.78 is 4.92. The van der Waals surface area contributed by atoms with Crippen LogP contribution >= 0.6 is 0 Å². The average Bonchev–Trinajstić information content (AvgIpc) is 2.41. The molecule has 1 aliphatic heterocycles. The van der Waals surface area contributed by atoms with Crippen molar-refractivity contribution < 1.29 is 24.2 Å². The van der Waals surface area contributed by atoms with Crippen LogP contribution in [0.2, 0.25) is 0 Å². The Balaban J connectivity index is 2.26. The summed E-state index contributed by atoms with van der Waals surface area (Å²) in [5.41, 5.74) is 0. The van der Waals surface area contributed by atoms with Crippen molar-refractivity contribution in [3.8, 4) is 0 Å². The van der Waals surface area contributed by atoms with Crippen molar-refractivity contribution in [2.24, 2.45) is 0 Å². The van der Waals surface area contributed by atoms with Gasteiger partial charge in [-0.3, -0.25) is 9.59 Å². The molecular weight excluding hydrogens is 266 g/mol. The van der Waals surface area contributed by atoms with Gasteiger partial charge in [0.25, 0.3) is 0 Å². The Bertz CT molecular complexity index is 361. The van der Waals surface area contributed by atoms with E-state index in [0.29, 0.717) is 39.2 Å². The number of carbonyl (C=O) groups is 3. The van der Waals surface area contributed by atoms with E-state index < -0.39 is 5.97 Å². The zero-order valence-electron chi connectivity index (χ0n) is 11.6. The number of urea groups is 1. The first-order valence-corrected chi connectivity index (χ1v) is 6.56. The highest BCUT2D eigenvalue weighted by atomic mass is 16.5. The van der Waals surface area contributed by atoms with E-state index in [9.17, 15) is 14.4 Å². The highest BCUT2D eigenvalue weighted by molar-refractivity contribution is 5.85. The van der Waals surface area contributed by atoms with E-state index in [2.05, 4.69) is 5.32 Å². The van der Waals surface area contributed by atoms with Crippen LogP contribution in [0.4, 0.5) is 4.79 Å². The van der Waals surface area contributed by atoms with E-state index in [1.165, 1.54) is 4.90 Å². The largest absolute Gasteiger partial charge is 0.481 e. The second-order valence-electron chi connectivity index (χ2n) is 4.52. The molecule has 0 saturated carbocycles. The molecule has 114 valence electrons. The number of methoxy groups -OCH3 is 1. The van der Waals surface area contributed by atoms with Gasteiger partial charge in [0.1, 0.15) is 6.54 Å². The Hall–Kier alpha value is -1.83. The van der Waals surface area contributed by atoms with Crippen molar-refractivity contribution in [1.82, 2.24) is 15.1 Å². The molecule has 20 heavy (non-hydrogen) atoms. The number of rotatable bonds is 7. The maximum Gasteiger partial charge on any atom is 0.317 e. The fourth-order valence-electron chi connectivity index (χ4n) is 1.87. The Morgan fingerprint density at radius 3 is 2.75 bits per heavy atom. The topological polar surface area (TPSA) is 99.2 Å². The van der Waals surface area contributed by atoms with Crippen LogP contribution in [0.25, 0.3) is 0 Å². The van der Waals surface area contributed by atoms with Gasteiger partial charge in [0, 0.05) is 39.7 Å². The smallest absolute Gasteiger partial charge is 0.317 e. The van der Waals surface area contributed by atoms with E-state index >= 15 is 0 Å². The molecule has 0 bridgehead atoms. The number of amides is 3. The molecule has 0 unspecified atom stereocenters. The summed E-state index contributed by atoms with van der Waals surface area (Å²) in [5.74, 6) is -0.991.